The normalized spacial score (nSPS) is 15.8. The number of fused-ring (bicyclic) bond motifs is 2. The molecule has 3 aromatic rings. The number of hydrogen-bond acceptors (Lipinski definition) is 3. The van der Waals surface area contributed by atoms with E-state index in [2.05, 4.69) is 29.6 Å². The summed E-state index contributed by atoms with van der Waals surface area (Å²) in [5, 5.41) is 2.93. The van der Waals surface area contributed by atoms with E-state index in [9.17, 15) is 9.18 Å². The van der Waals surface area contributed by atoms with Gasteiger partial charge in [-0.15, -0.1) is 0 Å². The van der Waals surface area contributed by atoms with Crippen molar-refractivity contribution in [1.29, 1.82) is 0 Å². The van der Waals surface area contributed by atoms with Gasteiger partial charge in [0.25, 0.3) is 5.91 Å². The number of nitrogens with zero attached hydrogens (tertiary/aromatic N) is 1. The minimum Gasteiger partial charge on any atom is -0.348 e. The molecule has 0 atom stereocenters. The third-order valence-electron chi connectivity index (χ3n) is 6.20. The summed E-state index contributed by atoms with van der Waals surface area (Å²) in [6.07, 6.45) is 6.14. The zero-order valence-electron chi connectivity index (χ0n) is 17.8. The van der Waals surface area contributed by atoms with Crippen molar-refractivity contribution in [3.8, 4) is 0 Å². The third-order valence-corrected chi connectivity index (χ3v) is 7.34. The second-order valence-electron chi connectivity index (χ2n) is 8.42. The average molecular weight is 445 g/mol. The molecule has 5 heteroatoms. The van der Waals surface area contributed by atoms with Gasteiger partial charge in [0.2, 0.25) is 0 Å². The van der Waals surface area contributed by atoms with Gasteiger partial charge in [-0.05, 0) is 54.8 Å². The maximum atomic E-state index is 13.1. The van der Waals surface area contributed by atoms with Crippen LogP contribution >= 0.6 is 11.8 Å². The van der Waals surface area contributed by atoms with Gasteiger partial charge in [-0.1, -0.05) is 61.4 Å². The minimum absolute atomic E-state index is 0.154. The van der Waals surface area contributed by atoms with Crippen LogP contribution in [0.5, 0.6) is 0 Å². The Labute approximate surface area is 192 Å². The van der Waals surface area contributed by atoms with Gasteiger partial charge in [-0.3, -0.25) is 9.79 Å². The van der Waals surface area contributed by atoms with E-state index < -0.39 is 0 Å². The van der Waals surface area contributed by atoms with Crippen molar-refractivity contribution >= 4 is 29.1 Å². The quantitative estimate of drug-likeness (QED) is 0.474. The van der Waals surface area contributed by atoms with Crippen molar-refractivity contribution in [3.63, 3.8) is 0 Å². The first-order valence-electron chi connectivity index (χ1n) is 11.2. The smallest absolute Gasteiger partial charge is 0.251 e. The Morgan fingerprint density at radius 3 is 2.56 bits per heavy atom. The Bertz CT molecular complexity index is 1170. The fraction of sp³-hybridized carbons (Fsp3) is 0.259. The van der Waals surface area contributed by atoms with Crippen molar-refractivity contribution < 1.29 is 9.18 Å². The molecule has 1 aliphatic carbocycles. The summed E-state index contributed by atoms with van der Waals surface area (Å²) in [5.41, 5.74) is 4.70. The summed E-state index contributed by atoms with van der Waals surface area (Å²) in [4.78, 5) is 20.3. The molecule has 1 heterocycles. The fourth-order valence-electron chi connectivity index (χ4n) is 4.48. The predicted molar refractivity (Wildman–Crippen MR) is 127 cm³/mol. The Kier molecular flexibility index (Phi) is 6.08. The van der Waals surface area contributed by atoms with Crippen molar-refractivity contribution in [3.05, 3.63) is 89.2 Å². The zero-order valence-corrected chi connectivity index (χ0v) is 18.6. The summed E-state index contributed by atoms with van der Waals surface area (Å²) >= 11 is 1.72. The molecule has 5 rings (SSSR count). The second-order valence-corrected chi connectivity index (χ2v) is 9.51. The van der Waals surface area contributed by atoms with Gasteiger partial charge in [0, 0.05) is 33.4 Å². The van der Waals surface area contributed by atoms with Crippen LogP contribution in [0.4, 0.5) is 10.1 Å². The van der Waals surface area contributed by atoms with Gasteiger partial charge in [0.05, 0.1) is 11.4 Å². The number of hydrogen-bond donors (Lipinski definition) is 1. The molecule has 0 radical (unpaired) electrons. The molecule has 0 spiro atoms. The van der Waals surface area contributed by atoms with E-state index in [-0.39, 0.29) is 11.7 Å². The molecule has 0 bridgehead atoms. The van der Waals surface area contributed by atoms with E-state index in [0.29, 0.717) is 18.0 Å². The molecular weight excluding hydrogens is 419 g/mol. The number of amides is 1. The van der Waals surface area contributed by atoms with Gasteiger partial charge in [-0.2, -0.15) is 0 Å². The van der Waals surface area contributed by atoms with Crippen LogP contribution < -0.4 is 5.32 Å². The Morgan fingerprint density at radius 2 is 1.75 bits per heavy atom. The maximum Gasteiger partial charge on any atom is 0.251 e. The van der Waals surface area contributed by atoms with Crippen LogP contribution in [0.15, 0.2) is 81.5 Å². The number of rotatable bonds is 4. The first-order valence-corrected chi connectivity index (χ1v) is 12.0. The Morgan fingerprint density at radius 1 is 0.969 bits per heavy atom. The molecule has 0 unspecified atom stereocenters. The first-order chi connectivity index (χ1) is 15.7. The highest BCUT2D eigenvalue weighted by atomic mass is 32.2. The molecule has 3 aromatic carbocycles. The standard InChI is InChI=1S/C27H25FN2OS/c28-21-13-10-18(11-14-21)17-29-27(31)20-12-15-25-23(16-20)30-26(19-6-2-1-3-7-19)22-8-4-5-9-24(22)32-25/h4-5,8-16,19H,1-3,6-7,17H2,(H,29,31). The largest absolute Gasteiger partial charge is 0.348 e. The molecule has 1 aliphatic heterocycles. The topological polar surface area (TPSA) is 41.5 Å². The lowest BCUT2D eigenvalue weighted by molar-refractivity contribution is 0.0951. The van der Waals surface area contributed by atoms with E-state index >= 15 is 0 Å². The molecule has 0 saturated heterocycles. The van der Waals surface area contributed by atoms with Crippen LogP contribution in [0.2, 0.25) is 0 Å². The molecule has 32 heavy (non-hydrogen) atoms. The lowest BCUT2D eigenvalue weighted by atomic mass is 9.83. The van der Waals surface area contributed by atoms with Gasteiger partial charge in [-0.25, -0.2) is 4.39 Å². The number of nitrogens with one attached hydrogen (secondary N) is 1. The van der Waals surface area contributed by atoms with Gasteiger partial charge in [0.1, 0.15) is 5.82 Å². The number of halogens is 1. The number of carbonyl (C=O) groups excluding carboxylic acids is 1. The molecule has 2 aliphatic rings. The van der Waals surface area contributed by atoms with Crippen LogP contribution in [-0.4, -0.2) is 11.6 Å². The van der Waals surface area contributed by atoms with E-state index in [4.69, 9.17) is 4.99 Å². The maximum absolute atomic E-state index is 13.1. The van der Waals surface area contributed by atoms with Crippen LogP contribution in [0.1, 0.15) is 53.6 Å². The SMILES string of the molecule is O=C(NCc1ccc(F)cc1)c1ccc2c(c1)N=C(C1CCCCC1)c1ccccc1S2. The van der Waals surface area contributed by atoms with E-state index in [1.165, 1.54) is 54.7 Å². The number of benzene rings is 3. The van der Waals surface area contributed by atoms with Crippen molar-refractivity contribution in [2.45, 2.75) is 48.4 Å². The minimum atomic E-state index is -0.282. The molecule has 0 aromatic heterocycles. The molecule has 162 valence electrons. The molecule has 1 fully saturated rings. The molecule has 1 amide bonds. The summed E-state index contributed by atoms with van der Waals surface area (Å²) in [7, 11) is 0. The molecule has 3 nitrogen and oxygen atoms in total. The van der Waals surface area contributed by atoms with Crippen LogP contribution in [0.3, 0.4) is 0 Å². The highest BCUT2D eigenvalue weighted by Crippen LogP contribution is 2.43. The van der Waals surface area contributed by atoms with Crippen molar-refractivity contribution in [1.82, 2.24) is 5.32 Å². The monoisotopic (exact) mass is 444 g/mol. The van der Waals surface area contributed by atoms with E-state index in [1.54, 1.807) is 23.9 Å². The van der Waals surface area contributed by atoms with Gasteiger partial charge in [0.15, 0.2) is 0 Å². The van der Waals surface area contributed by atoms with Crippen molar-refractivity contribution in [2.75, 3.05) is 0 Å². The van der Waals surface area contributed by atoms with Crippen LogP contribution in [0, 0.1) is 11.7 Å². The molecule has 1 saturated carbocycles. The average Bonchev–Trinajstić information content (AvgIpc) is 3.00. The summed E-state index contributed by atoms with van der Waals surface area (Å²) in [6, 6.07) is 20.4. The summed E-state index contributed by atoms with van der Waals surface area (Å²) < 4.78 is 13.1. The zero-order chi connectivity index (χ0) is 21.9. The molecule has 1 N–H and O–H groups in total. The van der Waals surface area contributed by atoms with Gasteiger partial charge >= 0.3 is 0 Å². The highest BCUT2D eigenvalue weighted by Gasteiger charge is 2.26. The second kappa shape index (κ2) is 9.29. The fourth-order valence-corrected chi connectivity index (χ4v) is 5.49. The molecular formula is C27H25FN2OS. The lowest BCUT2D eigenvalue weighted by Crippen LogP contribution is -2.22. The number of aliphatic imine (C=N–C) groups is 1. The number of carbonyl (C=O) groups is 1. The summed E-state index contributed by atoms with van der Waals surface area (Å²) in [5.74, 6) is 0.0293. The first kappa shape index (κ1) is 21.0. The Hall–Kier alpha value is -2.92. The van der Waals surface area contributed by atoms with Crippen LogP contribution in [-0.2, 0) is 6.54 Å². The highest BCUT2D eigenvalue weighted by molar-refractivity contribution is 7.99. The van der Waals surface area contributed by atoms with E-state index in [0.717, 1.165) is 21.9 Å². The van der Waals surface area contributed by atoms with Crippen LogP contribution in [0.25, 0.3) is 0 Å². The van der Waals surface area contributed by atoms with Crippen molar-refractivity contribution in [2.24, 2.45) is 10.9 Å². The third kappa shape index (κ3) is 4.49. The predicted octanol–water partition coefficient (Wildman–Crippen LogP) is 6.92. The summed E-state index contributed by atoms with van der Waals surface area (Å²) in [6.45, 7) is 0.354. The Balaban J connectivity index is 1.44. The van der Waals surface area contributed by atoms with E-state index in [1.807, 2.05) is 18.2 Å². The lowest BCUT2D eigenvalue weighted by Gasteiger charge is -2.24. The van der Waals surface area contributed by atoms with Gasteiger partial charge < -0.3 is 5.32 Å².